The lowest BCUT2D eigenvalue weighted by Crippen LogP contribution is -2.39. The summed E-state index contributed by atoms with van der Waals surface area (Å²) < 4.78 is 4.73. The van der Waals surface area contributed by atoms with E-state index in [4.69, 9.17) is 4.74 Å². The van der Waals surface area contributed by atoms with Crippen LogP contribution in [-0.2, 0) is 4.74 Å². The van der Waals surface area contributed by atoms with Gasteiger partial charge in [0.1, 0.15) is 5.82 Å². The molecule has 0 spiro atoms. The van der Waals surface area contributed by atoms with Crippen molar-refractivity contribution in [3.63, 3.8) is 0 Å². The summed E-state index contributed by atoms with van der Waals surface area (Å²) in [5, 5.41) is 3.52. The number of carbonyl (C=O) groups is 1. The van der Waals surface area contributed by atoms with E-state index in [0.717, 1.165) is 31.4 Å². The van der Waals surface area contributed by atoms with Gasteiger partial charge in [0.25, 0.3) is 0 Å². The highest BCUT2D eigenvalue weighted by molar-refractivity contribution is 5.87. The fourth-order valence-electron chi connectivity index (χ4n) is 2.76. The van der Waals surface area contributed by atoms with Gasteiger partial charge in [-0.25, -0.2) is 9.78 Å². The van der Waals surface area contributed by atoms with E-state index in [1.54, 1.807) is 6.20 Å². The minimum Gasteiger partial charge on any atom is -0.464 e. The highest BCUT2D eigenvalue weighted by atomic mass is 16.5. The summed E-state index contributed by atoms with van der Waals surface area (Å²) in [7, 11) is 1.36. The molecule has 1 aliphatic heterocycles. The molecule has 1 N–H and O–H groups in total. The molecule has 1 unspecified atom stereocenters. The average molecular weight is 290 g/mol. The minimum atomic E-state index is -0.435. The smallest absolute Gasteiger partial charge is 0.358 e. The zero-order chi connectivity index (χ0) is 14.7. The van der Waals surface area contributed by atoms with Crippen LogP contribution in [0, 0.1) is 5.92 Å². The molecule has 3 rings (SSSR count). The highest BCUT2D eigenvalue weighted by Crippen LogP contribution is 2.31. The fourth-order valence-corrected chi connectivity index (χ4v) is 2.76. The van der Waals surface area contributed by atoms with Gasteiger partial charge in [-0.2, -0.15) is 0 Å². The van der Waals surface area contributed by atoms with E-state index in [1.807, 2.05) is 0 Å². The predicted octanol–water partition coefficient (Wildman–Crippen LogP) is 1.23. The van der Waals surface area contributed by atoms with Gasteiger partial charge in [0, 0.05) is 19.1 Å². The molecule has 0 amide bonds. The van der Waals surface area contributed by atoms with Crippen molar-refractivity contribution in [1.29, 1.82) is 0 Å². The molecule has 1 aromatic rings. The molecule has 2 aliphatic rings. The number of anilines is 1. The molecule has 1 saturated carbocycles. The third-order valence-corrected chi connectivity index (χ3v) is 4.12. The summed E-state index contributed by atoms with van der Waals surface area (Å²) >= 11 is 0. The Morgan fingerprint density at radius 1 is 1.38 bits per heavy atom. The van der Waals surface area contributed by atoms with Gasteiger partial charge >= 0.3 is 5.97 Å². The Labute approximate surface area is 124 Å². The number of rotatable bonds is 6. The number of hydrogen-bond acceptors (Lipinski definition) is 6. The Morgan fingerprint density at radius 3 is 2.90 bits per heavy atom. The van der Waals surface area contributed by atoms with Crippen LogP contribution < -0.4 is 10.2 Å². The highest BCUT2D eigenvalue weighted by Gasteiger charge is 2.27. The first-order valence-electron chi connectivity index (χ1n) is 7.65. The Balaban J connectivity index is 1.75. The maximum absolute atomic E-state index is 11.6. The molecule has 6 nitrogen and oxygen atoms in total. The van der Waals surface area contributed by atoms with Crippen molar-refractivity contribution in [3.8, 4) is 0 Å². The molecular formula is C15H22N4O2. The first kappa shape index (κ1) is 14.3. The van der Waals surface area contributed by atoms with Crippen LogP contribution in [0.2, 0.25) is 0 Å². The average Bonchev–Trinajstić information content (AvgIpc) is 3.19. The molecule has 1 atom stereocenters. The number of hydrogen-bond donors (Lipinski definition) is 1. The van der Waals surface area contributed by atoms with E-state index in [2.05, 4.69) is 20.2 Å². The summed E-state index contributed by atoms with van der Waals surface area (Å²) in [6.45, 7) is 3.02. The molecule has 0 aromatic carbocycles. The van der Waals surface area contributed by atoms with Gasteiger partial charge in [0.2, 0.25) is 0 Å². The van der Waals surface area contributed by atoms with E-state index in [1.165, 1.54) is 39.0 Å². The van der Waals surface area contributed by atoms with Gasteiger partial charge < -0.3 is 15.0 Å². The van der Waals surface area contributed by atoms with E-state index < -0.39 is 5.97 Å². The van der Waals surface area contributed by atoms with Gasteiger partial charge in [0.15, 0.2) is 5.69 Å². The number of esters is 1. The molecular weight excluding hydrogens is 268 g/mol. The monoisotopic (exact) mass is 290 g/mol. The normalized spacial score (nSPS) is 21.3. The maximum atomic E-state index is 11.6. The van der Waals surface area contributed by atoms with Crippen molar-refractivity contribution in [1.82, 2.24) is 15.3 Å². The lowest BCUT2D eigenvalue weighted by molar-refractivity contribution is 0.0593. The largest absolute Gasteiger partial charge is 0.464 e. The first-order valence-corrected chi connectivity index (χ1v) is 7.65. The summed E-state index contributed by atoms with van der Waals surface area (Å²) in [4.78, 5) is 22.5. The summed E-state index contributed by atoms with van der Waals surface area (Å²) in [6.07, 6.45) is 8.21. The predicted molar refractivity (Wildman–Crippen MR) is 79.3 cm³/mol. The van der Waals surface area contributed by atoms with Crippen molar-refractivity contribution < 1.29 is 9.53 Å². The van der Waals surface area contributed by atoms with E-state index in [9.17, 15) is 4.79 Å². The van der Waals surface area contributed by atoms with Gasteiger partial charge in [-0.3, -0.25) is 4.98 Å². The Hall–Kier alpha value is -1.69. The topological polar surface area (TPSA) is 67.3 Å². The summed E-state index contributed by atoms with van der Waals surface area (Å²) in [6, 6.07) is 0.507. The molecule has 1 aliphatic carbocycles. The van der Waals surface area contributed by atoms with Crippen molar-refractivity contribution in [3.05, 3.63) is 18.1 Å². The first-order chi connectivity index (χ1) is 10.3. The molecule has 1 saturated heterocycles. The Bertz CT molecular complexity index is 498. The number of ether oxygens (including phenoxy) is 1. The third-order valence-electron chi connectivity index (χ3n) is 4.12. The molecule has 0 bridgehead atoms. The summed E-state index contributed by atoms with van der Waals surface area (Å²) in [5.74, 6) is 1.10. The van der Waals surface area contributed by atoms with Crippen molar-refractivity contribution >= 4 is 11.8 Å². The molecule has 2 heterocycles. The number of methoxy groups -OCH3 is 1. The summed E-state index contributed by atoms with van der Waals surface area (Å²) in [5.41, 5.74) is 0.273. The van der Waals surface area contributed by atoms with Crippen molar-refractivity contribution in [2.45, 2.75) is 31.7 Å². The van der Waals surface area contributed by atoms with Crippen LogP contribution in [0.25, 0.3) is 0 Å². The van der Waals surface area contributed by atoms with Gasteiger partial charge in [0.05, 0.1) is 19.5 Å². The number of nitrogens with one attached hydrogen (secondary N) is 1. The second-order valence-electron chi connectivity index (χ2n) is 5.90. The Morgan fingerprint density at radius 2 is 2.24 bits per heavy atom. The van der Waals surface area contributed by atoms with Crippen LogP contribution >= 0.6 is 0 Å². The molecule has 2 fully saturated rings. The van der Waals surface area contributed by atoms with Crippen LogP contribution in [0.1, 0.15) is 36.2 Å². The number of carbonyl (C=O) groups excluding carboxylic acids is 1. The zero-order valence-corrected chi connectivity index (χ0v) is 12.4. The lowest BCUT2D eigenvalue weighted by Gasteiger charge is -2.26. The number of nitrogens with zero attached hydrogens (tertiary/aromatic N) is 3. The van der Waals surface area contributed by atoms with E-state index >= 15 is 0 Å². The van der Waals surface area contributed by atoms with Gasteiger partial charge in [-0.05, 0) is 38.1 Å². The van der Waals surface area contributed by atoms with Gasteiger partial charge in [-0.1, -0.05) is 0 Å². The third kappa shape index (κ3) is 3.69. The zero-order valence-electron chi connectivity index (χ0n) is 12.4. The molecule has 21 heavy (non-hydrogen) atoms. The standard InChI is InChI=1S/C15H22N4O2/c1-21-15(20)13-7-16-8-14(18-13)19(9-11-4-5-11)10-12-3-2-6-17-12/h7-8,11-12,17H,2-6,9-10H2,1H3. The molecule has 0 radical (unpaired) electrons. The second-order valence-corrected chi connectivity index (χ2v) is 5.90. The van der Waals surface area contributed by atoms with Crippen LogP contribution in [0.3, 0.4) is 0 Å². The SMILES string of the molecule is COC(=O)c1cncc(N(CC2CC2)CC2CCCN2)n1. The minimum absolute atomic E-state index is 0.273. The van der Waals surface area contributed by atoms with E-state index in [0.29, 0.717) is 6.04 Å². The van der Waals surface area contributed by atoms with Crippen LogP contribution in [-0.4, -0.2) is 48.7 Å². The number of aromatic nitrogens is 2. The van der Waals surface area contributed by atoms with E-state index in [-0.39, 0.29) is 5.69 Å². The Kier molecular flexibility index (Phi) is 4.34. The van der Waals surface area contributed by atoms with Crippen molar-refractivity contribution in [2.24, 2.45) is 5.92 Å². The quantitative estimate of drug-likeness (QED) is 0.795. The van der Waals surface area contributed by atoms with Crippen molar-refractivity contribution in [2.75, 3.05) is 31.6 Å². The second kappa shape index (κ2) is 6.39. The van der Waals surface area contributed by atoms with Crippen LogP contribution in [0.4, 0.5) is 5.82 Å². The molecule has 6 heteroatoms. The van der Waals surface area contributed by atoms with Crippen LogP contribution in [0.5, 0.6) is 0 Å². The lowest BCUT2D eigenvalue weighted by atomic mass is 10.2. The van der Waals surface area contributed by atoms with Gasteiger partial charge in [-0.15, -0.1) is 0 Å². The molecule has 114 valence electrons. The maximum Gasteiger partial charge on any atom is 0.358 e. The molecule has 1 aromatic heterocycles. The fraction of sp³-hybridized carbons (Fsp3) is 0.667. The van der Waals surface area contributed by atoms with Crippen LogP contribution in [0.15, 0.2) is 12.4 Å².